The van der Waals surface area contributed by atoms with E-state index in [0.29, 0.717) is 11.5 Å². The molecule has 1 aromatic carbocycles. The molecule has 0 radical (unpaired) electrons. The smallest absolute Gasteiger partial charge is 0.335 e. The van der Waals surface area contributed by atoms with Crippen LogP contribution in [-0.4, -0.2) is 11.1 Å². The van der Waals surface area contributed by atoms with E-state index in [0.717, 1.165) is 6.42 Å². The predicted octanol–water partition coefficient (Wildman–Crippen LogP) is 4.73. The van der Waals surface area contributed by atoms with Crippen molar-refractivity contribution >= 4 is 5.97 Å². The highest BCUT2D eigenvalue weighted by molar-refractivity contribution is 5.87. The lowest BCUT2D eigenvalue weighted by atomic mass is 9.67. The van der Waals surface area contributed by atoms with E-state index >= 15 is 0 Å². The summed E-state index contributed by atoms with van der Waals surface area (Å²) in [6.07, 6.45) is 1.07. The van der Waals surface area contributed by atoms with Gasteiger partial charge >= 0.3 is 5.97 Å². The summed E-state index contributed by atoms with van der Waals surface area (Å²) in [5.41, 5.74) is 1.86. The average molecular weight is 262 g/mol. The summed E-state index contributed by atoms with van der Waals surface area (Å²) in [4.78, 5) is 10.9. The molecule has 106 valence electrons. The van der Waals surface area contributed by atoms with Crippen LogP contribution >= 0.6 is 0 Å². The number of hydrogen-bond acceptors (Lipinski definition) is 1. The third-order valence-corrected chi connectivity index (χ3v) is 4.37. The number of carboxylic acid groups (broad SMARTS) is 1. The van der Waals surface area contributed by atoms with Crippen molar-refractivity contribution in [2.45, 2.75) is 53.4 Å². The monoisotopic (exact) mass is 262 g/mol. The summed E-state index contributed by atoms with van der Waals surface area (Å²) in [6.45, 7) is 13.6. The number of aromatic carboxylic acids is 1. The quantitative estimate of drug-likeness (QED) is 0.832. The Morgan fingerprint density at radius 2 is 1.58 bits per heavy atom. The lowest BCUT2D eigenvalue weighted by molar-refractivity contribution is 0.0696. The molecule has 1 rings (SSSR count). The molecule has 0 amide bonds. The van der Waals surface area contributed by atoms with E-state index in [-0.39, 0.29) is 10.8 Å². The average Bonchev–Trinajstić information content (AvgIpc) is 2.27. The Morgan fingerprint density at radius 3 is 1.95 bits per heavy atom. The van der Waals surface area contributed by atoms with Crippen molar-refractivity contribution in [1.29, 1.82) is 0 Å². The topological polar surface area (TPSA) is 37.3 Å². The number of benzene rings is 1. The van der Waals surface area contributed by atoms with E-state index in [9.17, 15) is 4.79 Å². The molecule has 2 nitrogen and oxygen atoms in total. The lowest BCUT2D eigenvalue weighted by Crippen LogP contribution is -2.30. The summed E-state index contributed by atoms with van der Waals surface area (Å²) in [6, 6.07) is 7.28. The minimum Gasteiger partial charge on any atom is -0.478 e. The molecule has 1 N–H and O–H groups in total. The summed E-state index contributed by atoms with van der Waals surface area (Å²) in [5, 5.41) is 8.94. The Labute approximate surface area is 116 Å². The highest BCUT2D eigenvalue weighted by Gasteiger charge is 2.32. The van der Waals surface area contributed by atoms with Crippen LogP contribution in [0.3, 0.4) is 0 Å². The Kier molecular flexibility index (Phi) is 4.44. The molecule has 1 aromatic rings. The molecule has 0 bridgehead atoms. The Morgan fingerprint density at radius 1 is 1.11 bits per heavy atom. The number of carbonyl (C=O) groups is 1. The van der Waals surface area contributed by atoms with Crippen molar-refractivity contribution in [2.75, 3.05) is 0 Å². The van der Waals surface area contributed by atoms with Crippen LogP contribution in [0.15, 0.2) is 24.3 Å². The largest absolute Gasteiger partial charge is 0.478 e. The van der Waals surface area contributed by atoms with Gasteiger partial charge in [-0.1, -0.05) is 53.7 Å². The zero-order valence-electron chi connectivity index (χ0n) is 12.9. The van der Waals surface area contributed by atoms with Crippen molar-refractivity contribution in [2.24, 2.45) is 11.3 Å². The van der Waals surface area contributed by atoms with Crippen LogP contribution in [0.2, 0.25) is 0 Å². The molecular formula is C17H26O2. The van der Waals surface area contributed by atoms with Gasteiger partial charge in [0.25, 0.3) is 0 Å². The number of carboxylic acids is 1. The van der Waals surface area contributed by atoms with Crippen LogP contribution in [0.1, 0.15) is 63.9 Å². The molecule has 0 aliphatic carbocycles. The fourth-order valence-electron chi connectivity index (χ4n) is 2.51. The molecule has 0 spiro atoms. The van der Waals surface area contributed by atoms with Gasteiger partial charge < -0.3 is 5.11 Å². The third kappa shape index (κ3) is 3.82. The van der Waals surface area contributed by atoms with Gasteiger partial charge in [-0.2, -0.15) is 0 Å². The SMILES string of the molecule is CC(C)C(C)(C)CC(C)(C)c1ccc(C(=O)O)cc1. The summed E-state index contributed by atoms with van der Waals surface area (Å²) in [7, 11) is 0. The first-order valence-electron chi connectivity index (χ1n) is 6.90. The first kappa shape index (κ1) is 15.7. The molecule has 0 aromatic heterocycles. The van der Waals surface area contributed by atoms with Gasteiger partial charge in [0.05, 0.1) is 5.56 Å². The summed E-state index contributed by atoms with van der Waals surface area (Å²) < 4.78 is 0. The first-order valence-corrected chi connectivity index (χ1v) is 6.90. The van der Waals surface area contributed by atoms with E-state index < -0.39 is 5.97 Å². The van der Waals surface area contributed by atoms with Gasteiger partial charge in [-0.05, 0) is 40.9 Å². The minimum absolute atomic E-state index is 0.0464. The van der Waals surface area contributed by atoms with Gasteiger partial charge in [0.1, 0.15) is 0 Å². The van der Waals surface area contributed by atoms with E-state index in [4.69, 9.17) is 5.11 Å². The Balaban J connectivity index is 2.97. The van der Waals surface area contributed by atoms with Crippen LogP contribution in [0.5, 0.6) is 0 Å². The molecule has 0 unspecified atom stereocenters. The molecule has 0 aliphatic rings. The highest BCUT2D eigenvalue weighted by atomic mass is 16.4. The molecular weight excluding hydrogens is 236 g/mol. The Bertz CT molecular complexity index is 439. The van der Waals surface area contributed by atoms with Crippen LogP contribution in [0, 0.1) is 11.3 Å². The number of hydrogen-bond donors (Lipinski definition) is 1. The van der Waals surface area contributed by atoms with E-state index in [2.05, 4.69) is 41.5 Å². The molecule has 0 fully saturated rings. The normalized spacial score (nSPS) is 12.8. The van der Waals surface area contributed by atoms with Crippen molar-refractivity contribution in [1.82, 2.24) is 0 Å². The fourth-order valence-corrected chi connectivity index (χ4v) is 2.51. The maximum absolute atomic E-state index is 10.9. The van der Waals surface area contributed by atoms with Gasteiger partial charge in [-0.25, -0.2) is 4.79 Å². The minimum atomic E-state index is -0.869. The van der Waals surface area contributed by atoms with Crippen LogP contribution in [0.25, 0.3) is 0 Å². The molecule has 0 saturated carbocycles. The van der Waals surface area contributed by atoms with Crippen molar-refractivity contribution < 1.29 is 9.90 Å². The molecule has 0 heterocycles. The third-order valence-electron chi connectivity index (χ3n) is 4.37. The van der Waals surface area contributed by atoms with Gasteiger partial charge in [0, 0.05) is 0 Å². The standard InChI is InChI=1S/C17H26O2/c1-12(2)16(3,4)11-17(5,6)14-9-7-13(8-10-14)15(18)19/h7-10,12H,11H2,1-6H3,(H,18,19). The van der Waals surface area contributed by atoms with Crippen molar-refractivity contribution in [3.8, 4) is 0 Å². The fraction of sp³-hybridized carbons (Fsp3) is 0.588. The predicted molar refractivity (Wildman–Crippen MR) is 79.7 cm³/mol. The highest BCUT2D eigenvalue weighted by Crippen LogP contribution is 2.40. The van der Waals surface area contributed by atoms with Crippen LogP contribution < -0.4 is 0 Å². The van der Waals surface area contributed by atoms with E-state index in [1.165, 1.54) is 5.56 Å². The van der Waals surface area contributed by atoms with Gasteiger partial charge in [-0.3, -0.25) is 0 Å². The van der Waals surface area contributed by atoms with E-state index in [1.807, 2.05) is 12.1 Å². The number of rotatable bonds is 5. The maximum Gasteiger partial charge on any atom is 0.335 e. The maximum atomic E-state index is 10.9. The second-order valence-electron chi connectivity index (χ2n) is 7.09. The summed E-state index contributed by atoms with van der Waals surface area (Å²) >= 11 is 0. The van der Waals surface area contributed by atoms with Crippen LogP contribution in [-0.2, 0) is 5.41 Å². The second kappa shape index (κ2) is 5.36. The summed E-state index contributed by atoms with van der Waals surface area (Å²) in [5.74, 6) is -0.253. The van der Waals surface area contributed by atoms with Gasteiger partial charge in [0.15, 0.2) is 0 Å². The lowest BCUT2D eigenvalue weighted by Gasteiger charge is -2.38. The van der Waals surface area contributed by atoms with E-state index in [1.54, 1.807) is 12.1 Å². The zero-order valence-corrected chi connectivity index (χ0v) is 12.9. The molecule has 2 heteroatoms. The molecule has 0 saturated heterocycles. The molecule has 0 atom stereocenters. The van der Waals surface area contributed by atoms with Gasteiger partial charge in [0.2, 0.25) is 0 Å². The molecule has 0 aliphatic heterocycles. The van der Waals surface area contributed by atoms with Gasteiger partial charge in [-0.15, -0.1) is 0 Å². The Hall–Kier alpha value is -1.31. The van der Waals surface area contributed by atoms with Crippen molar-refractivity contribution in [3.63, 3.8) is 0 Å². The molecule has 19 heavy (non-hydrogen) atoms. The van der Waals surface area contributed by atoms with Crippen molar-refractivity contribution in [3.05, 3.63) is 35.4 Å². The first-order chi connectivity index (χ1) is 8.56. The zero-order chi connectivity index (χ0) is 14.8. The van der Waals surface area contributed by atoms with Crippen LogP contribution in [0.4, 0.5) is 0 Å². The second-order valence-corrected chi connectivity index (χ2v) is 7.09.